The first-order valence-electron chi connectivity index (χ1n) is 3.72. The van der Waals surface area contributed by atoms with E-state index in [0.717, 1.165) is 12.4 Å². The van der Waals surface area contributed by atoms with Gasteiger partial charge < -0.3 is 0 Å². The van der Waals surface area contributed by atoms with Gasteiger partial charge in [0.1, 0.15) is 0 Å². The molecular formula is C3H4N8O6S2. The Bertz CT molecular complexity index is 725. The summed E-state index contributed by atoms with van der Waals surface area (Å²) in [5.41, 5.74) is 16.0. The van der Waals surface area contributed by atoms with Crippen LogP contribution < -0.4 is 0 Å². The second kappa shape index (κ2) is 6.55. The van der Waals surface area contributed by atoms with E-state index >= 15 is 0 Å². The molecule has 0 aliphatic carbocycles. The van der Waals surface area contributed by atoms with Gasteiger partial charge in [-0.2, -0.15) is 16.8 Å². The minimum absolute atomic E-state index is 0.417. The molecule has 0 spiro atoms. The third-order valence-electron chi connectivity index (χ3n) is 1.11. The van der Waals surface area contributed by atoms with Gasteiger partial charge in [0.2, 0.25) is 5.95 Å². The molecule has 0 aromatic carbocycles. The molecule has 0 amide bonds. The SMILES string of the molecule is O=S(=O)(O)O.[N-]=[N+]=Nc1nccn1S(=O)(=O)N=[N+]=[N-]. The zero-order valence-corrected chi connectivity index (χ0v) is 10.2. The average Bonchev–Trinajstić information content (AvgIpc) is 2.64. The van der Waals surface area contributed by atoms with Crippen molar-refractivity contribution in [2.24, 2.45) is 9.63 Å². The number of aromatic nitrogens is 2. The summed E-state index contributed by atoms with van der Waals surface area (Å²) in [7, 11) is -8.89. The first-order valence-corrected chi connectivity index (χ1v) is 6.51. The molecule has 1 heterocycles. The average molecular weight is 312 g/mol. The van der Waals surface area contributed by atoms with Gasteiger partial charge in [-0.1, -0.05) is 0 Å². The van der Waals surface area contributed by atoms with Crippen molar-refractivity contribution in [1.29, 1.82) is 0 Å². The Labute approximate surface area is 105 Å². The van der Waals surface area contributed by atoms with E-state index in [2.05, 4.69) is 24.4 Å². The largest absolute Gasteiger partial charge is 0.394 e. The third-order valence-corrected chi connectivity index (χ3v) is 2.17. The van der Waals surface area contributed by atoms with Crippen LogP contribution in [0.25, 0.3) is 20.9 Å². The van der Waals surface area contributed by atoms with Gasteiger partial charge in [-0.25, -0.2) is 8.96 Å². The number of azide groups is 2. The van der Waals surface area contributed by atoms with Crippen LogP contribution in [0.2, 0.25) is 0 Å². The van der Waals surface area contributed by atoms with Gasteiger partial charge in [-0.3, -0.25) is 9.11 Å². The highest BCUT2D eigenvalue weighted by Gasteiger charge is 2.13. The van der Waals surface area contributed by atoms with E-state index in [9.17, 15) is 8.42 Å². The summed E-state index contributed by atoms with van der Waals surface area (Å²) >= 11 is 0. The maximum atomic E-state index is 11.1. The van der Waals surface area contributed by atoms with Crippen LogP contribution in [0.5, 0.6) is 0 Å². The lowest BCUT2D eigenvalue weighted by molar-refractivity contribution is 0.381. The van der Waals surface area contributed by atoms with Crippen molar-refractivity contribution < 1.29 is 25.9 Å². The predicted octanol–water partition coefficient (Wildman–Crippen LogP) is 0.575. The van der Waals surface area contributed by atoms with Crippen molar-refractivity contribution in [1.82, 2.24) is 8.96 Å². The molecular weight excluding hydrogens is 308 g/mol. The van der Waals surface area contributed by atoms with E-state index < -0.39 is 26.6 Å². The maximum absolute atomic E-state index is 11.1. The number of imidazole rings is 1. The minimum atomic E-state index is -4.67. The summed E-state index contributed by atoms with van der Waals surface area (Å²) in [5, 5.41) is 2.99. The maximum Gasteiger partial charge on any atom is 0.394 e. The van der Waals surface area contributed by atoms with E-state index in [-0.39, 0.29) is 0 Å². The standard InChI is InChI=1S/C3H2N8O2S.H2O4S/c4-8-7-3-6-1-2-11(3)14(12,13)10-9-5;1-5(2,3)4/h1-2H;(H2,1,2,3,4). The second-order valence-corrected chi connectivity index (χ2v) is 4.66. The molecule has 14 nitrogen and oxygen atoms in total. The lowest BCUT2D eigenvalue weighted by atomic mass is 11.0. The molecule has 0 fully saturated rings. The van der Waals surface area contributed by atoms with Crippen LogP contribution in [0.3, 0.4) is 0 Å². The van der Waals surface area contributed by atoms with Crippen LogP contribution in [0.4, 0.5) is 5.95 Å². The summed E-state index contributed by atoms with van der Waals surface area (Å²) in [5.74, 6) is -0.417. The van der Waals surface area contributed by atoms with Gasteiger partial charge in [0.15, 0.2) is 0 Å². The fourth-order valence-corrected chi connectivity index (χ4v) is 1.33. The molecule has 16 heteroatoms. The molecule has 0 bridgehead atoms. The highest BCUT2D eigenvalue weighted by molar-refractivity contribution is 7.88. The van der Waals surface area contributed by atoms with Crippen LogP contribution in [-0.2, 0) is 20.6 Å². The molecule has 1 aromatic rings. The molecule has 0 saturated carbocycles. The molecule has 1 aromatic heterocycles. The summed E-state index contributed by atoms with van der Waals surface area (Å²) in [6.45, 7) is 0. The van der Waals surface area contributed by atoms with Crippen molar-refractivity contribution >= 4 is 26.6 Å². The lowest BCUT2D eigenvalue weighted by Gasteiger charge is -1.97. The normalized spacial score (nSPS) is 10.4. The third kappa shape index (κ3) is 6.84. The highest BCUT2D eigenvalue weighted by Crippen LogP contribution is 2.13. The summed E-state index contributed by atoms with van der Waals surface area (Å²) in [6.07, 6.45) is 2.09. The number of nitrogens with zero attached hydrogens (tertiary/aromatic N) is 8. The molecule has 2 N–H and O–H groups in total. The van der Waals surface area contributed by atoms with E-state index in [0.29, 0.717) is 3.97 Å². The first-order chi connectivity index (χ1) is 8.61. The van der Waals surface area contributed by atoms with Crippen molar-refractivity contribution in [3.63, 3.8) is 0 Å². The Morgan fingerprint density at radius 1 is 1.21 bits per heavy atom. The Balaban J connectivity index is 0.000000555. The monoisotopic (exact) mass is 312 g/mol. The molecule has 0 saturated heterocycles. The summed E-state index contributed by atoms with van der Waals surface area (Å²) in [4.78, 5) is 7.91. The van der Waals surface area contributed by atoms with Gasteiger partial charge in [0.05, 0.1) is 4.52 Å². The van der Waals surface area contributed by atoms with E-state index in [1.54, 1.807) is 0 Å². The van der Waals surface area contributed by atoms with Gasteiger partial charge in [-0.05, 0) is 16.2 Å². The van der Waals surface area contributed by atoms with Gasteiger partial charge in [0, 0.05) is 22.2 Å². The fourth-order valence-electron chi connectivity index (χ4n) is 0.660. The van der Waals surface area contributed by atoms with Crippen molar-refractivity contribution in [2.45, 2.75) is 0 Å². The van der Waals surface area contributed by atoms with Crippen LogP contribution in [0.1, 0.15) is 0 Å². The predicted molar refractivity (Wildman–Crippen MR) is 58.7 cm³/mol. The van der Waals surface area contributed by atoms with Gasteiger partial charge in [0.25, 0.3) is 0 Å². The molecule has 0 aliphatic heterocycles. The van der Waals surface area contributed by atoms with E-state index in [4.69, 9.17) is 28.6 Å². The zero-order chi connectivity index (χ0) is 15.1. The van der Waals surface area contributed by atoms with Gasteiger partial charge >= 0.3 is 20.6 Å². The van der Waals surface area contributed by atoms with Gasteiger partial charge in [-0.15, -0.1) is 0 Å². The van der Waals surface area contributed by atoms with Crippen molar-refractivity contribution in [2.75, 3.05) is 0 Å². The second-order valence-electron chi connectivity index (χ2n) is 2.31. The number of rotatable bonds is 3. The van der Waals surface area contributed by atoms with Crippen molar-refractivity contribution in [3.05, 3.63) is 33.3 Å². The first kappa shape index (κ1) is 16.6. The molecule has 0 atom stereocenters. The lowest BCUT2D eigenvalue weighted by Crippen LogP contribution is -2.06. The quantitative estimate of drug-likeness (QED) is 0.348. The smallest absolute Gasteiger partial charge is 0.264 e. The minimum Gasteiger partial charge on any atom is -0.264 e. The number of hydrogen-bond donors (Lipinski definition) is 2. The highest BCUT2D eigenvalue weighted by atomic mass is 32.3. The Hall–Kier alpha value is -2.35. The Morgan fingerprint density at radius 2 is 1.74 bits per heavy atom. The summed E-state index contributed by atoms with van der Waals surface area (Å²) in [6, 6.07) is 0. The van der Waals surface area contributed by atoms with Crippen LogP contribution >= 0.6 is 0 Å². The molecule has 104 valence electrons. The van der Waals surface area contributed by atoms with Crippen LogP contribution in [-0.4, -0.2) is 34.9 Å². The van der Waals surface area contributed by atoms with E-state index in [1.807, 2.05) is 0 Å². The topological polar surface area (TPSA) is 224 Å². The van der Waals surface area contributed by atoms with Crippen LogP contribution in [0.15, 0.2) is 22.0 Å². The molecule has 0 radical (unpaired) electrons. The molecule has 19 heavy (non-hydrogen) atoms. The Morgan fingerprint density at radius 3 is 2.16 bits per heavy atom. The molecule has 0 unspecified atom stereocenters. The van der Waals surface area contributed by atoms with Crippen LogP contribution in [0, 0.1) is 0 Å². The summed E-state index contributed by atoms with van der Waals surface area (Å²) < 4.78 is 56.8. The zero-order valence-electron chi connectivity index (χ0n) is 8.58. The Kier molecular flexibility index (Phi) is 5.74. The van der Waals surface area contributed by atoms with E-state index in [1.165, 1.54) is 0 Å². The molecule has 1 rings (SSSR count). The fraction of sp³-hybridized carbons (Fsp3) is 0. The van der Waals surface area contributed by atoms with Crippen molar-refractivity contribution in [3.8, 4) is 0 Å². The molecule has 0 aliphatic rings. The number of hydrogen-bond acceptors (Lipinski definition) is 6.